The topological polar surface area (TPSA) is 302 Å². The van der Waals surface area contributed by atoms with E-state index in [1.165, 1.54) is 28.4 Å². The first-order valence-corrected chi connectivity index (χ1v) is 39.8. The van der Waals surface area contributed by atoms with Crippen LogP contribution in [0.25, 0.3) is 66.9 Å². The first-order valence-electron chi connectivity index (χ1n) is 38.2. The van der Waals surface area contributed by atoms with Crippen molar-refractivity contribution in [2.45, 2.75) is 183 Å². The summed E-state index contributed by atoms with van der Waals surface area (Å²) in [4.78, 5) is 66.7. The molecule has 4 aliphatic heterocycles. The molecule has 0 saturated carbocycles. The molecular weight excluding hydrogens is 1640 g/mol. The van der Waals surface area contributed by atoms with E-state index in [0.29, 0.717) is 67.3 Å². The standard InChI is InChI=1S/2C21H24BN3O4.2C15H12BrN3O2.C12H24B2O4/c1-13-8-7-9-18(23-13)25-12-16-15(19(26)27-6)10-14(11-17(16)24-25)22-28-20(2,3)21(4,5)29-22;1-13-8-7-9-18(24-13)25-17-11-14(22-28-20(2,3)21(4,5)29-22)10-15(19(26)27-6)16(17)12-23-25;1-9-4-3-5-14(17-9)19-8-12-11(15(20)21-2)6-10(16)7-13(12)18-19;1-9-4-3-5-14(18-9)19-13-7-10(16)6-11(15(20)21-2)12(13)8-17-19;1-9(2)10(3,4)16-13(15-9)14-17-11(5,6)12(7,8)18-14/h2*7-12H,1-6H3;2*3-8H,1-2H3;1-8H3. The van der Waals surface area contributed by atoms with Crippen LogP contribution >= 0.6 is 31.9 Å². The van der Waals surface area contributed by atoms with E-state index in [-0.39, 0.29) is 22.4 Å². The highest BCUT2D eigenvalue weighted by Crippen LogP contribution is 2.44. The number of carbonyl (C=O) groups is 4. The summed E-state index contributed by atoms with van der Waals surface area (Å²) >= 11 is 6.80. The minimum atomic E-state index is -0.610. The van der Waals surface area contributed by atoms with Crippen molar-refractivity contribution in [1.82, 2.24) is 59.1 Å². The lowest BCUT2D eigenvalue weighted by Gasteiger charge is -2.32. The van der Waals surface area contributed by atoms with Gasteiger partial charge in [-0.15, -0.1) is 0 Å². The molecule has 12 heterocycles. The van der Waals surface area contributed by atoms with Gasteiger partial charge in [0.05, 0.1) is 130 Å². The summed E-state index contributed by atoms with van der Waals surface area (Å²) in [5.74, 6) is 1.10. The average molecular weight is 1730 g/mol. The Bertz CT molecular complexity index is 5690. The molecule has 16 rings (SSSR count). The predicted molar refractivity (Wildman–Crippen MR) is 459 cm³/mol. The van der Waals surface area contributed by atoms with Gasteiger partial charge >= 0.3 is 52.1 Å². The Kier molecular flexibility index (Phi) is 24.7. The molecule has 0 spiro atoms. The van der Waals surface area contributed by atoms with Crippen molar-refractivity contribution in [2.24, 2.45) is 0 Å². The second kappa shape index (κ2) is 33.4. The van der Waals surface area contributed by atoms with E-state index in [0.717, 1.165) is 64.5 Å². The maximum Gasteiger partial charge on any atom is 0.494 e. The second-order valence-corrected chi connectivity index (χ2v) is 34.8. The minimum Gasteiger partial charge on any atom is -0.465 e. The van der Waals surface area contributed by atoms with E-state index >= 15 is 0 Å². The van der Waals surface area contributed by atoms with E-state index < -0.39 is 74.5 Å². The van der Waals surface area contributed by atoms with Gasteiger partial charge in [-0.3, -0.25) is 0 Å². The van der Waals surface area contributed by atoms with Crippen LogP contribution in [0, 0.1) is 27.7 Å². The maximum atomic E-state index is 12.5. The van der Waals surface area contributed by atoms with Gasteiger partial charge in [-0.2, -0.15) is 20.4 Å². The molecule has 4 aliphatic rings. The van der Waals surface area contributed by atoms with Crippen LogP contribution in [0.5, 0.6) is 0 Å². The number of nitrogens with zero attached hydrogens (tertiary/aromatic N) is 12. The van der Waals surface area contributed by atoms with E-state index in [1.807, 2.05) is 236 Å². The lowest BCUT2D eigenvalue weighted by atomic mass is 9.49. The SMILES string of the molecule is CC1(C)OB(B2OC(C)(C)C(C)(C)O2)OC1(C)C.COC(=O)c1cc(B2OC(C)(C)C(C)(C)O2)cc2c1cnn2-c1cccc(C)n1.COC(=O)c1cc(B2OC(C)(C)C(C)(C)O2)cc2nn(-c3cccc(C)n3)cc12.COC(=O)c1cc(Br)cc2c1cnn2-c1cccc(C)n1.COC(=O)c1cc(Br)cc2nn(-c3cccc(C)n3)cc12. The van der Waals surface area contributed by atoms with Crippen molar-refractivity contribution in [3.8, 4) is 23.3 Å². The van der Waals surface area contributed by atoms with Crippen LogP contribution in [0.3, 0.4) is 0 Å². The number of halogens is 2. The molecule has 0 bridgehead atoms. The van der Waals surface area contributed by atoms with Crippen LogP contribution in [0.1, 0.15) is 175 Å². The van der Waals surface area contributed by atoms with Crippen molar-refractivity contribution in [2.75, 3.05) is 28.4 Å². The first kappa shape index (κ1) is 87.5. The third kappa shape index (κ3) is 17.9. The number of hydrogen-bond acceptors (Lipinski definition) is 24. The van der Waals surface area contributed by atoms with Crippen LogP contribution < -0.4 is 10.9 Å². The number of esters is 4. The lowest BCUT2D eigenvalue weighted by molar-refractivity contribution is 0.00578. The van der Waals surface area contributed by atoms with E-state index in [9.17, 15) is 19.2 Å². The van der Waals surface area contributed by atoms with Crippen molar-refractivity contribution in [3.05, 3.63) is 200 Å². The van der Waals surface area contributed by atoms with Gasteiger partial charge in [-0.25, -0.2) is 57.8 Å². The fourth-order valence-corrected chi connectivity index (χ4v) is 13.9. The molecule has 0 radical (unpaired) electrons. The normalized spacial score (nSPS) is 17.4. The van der Waals surface area contributed by atoms with Crippen molar-refractivity contribution >= 4 is 139 Å². The van der Waals surface area contributed by atoms with Crippen LogP contribution in [-0.2, 0) is 56.2 Å². The molecule has 0 amide bonds. The molecule has 28 nitrogen and oxygen atoms in total. The van der Waals surface area contributed by atoms with Gasteiger partial charge in [-0.05, 0) is 246 Å². The molecule has 118 heavy (non-hydrogen) atoms. The molecule has 12 aromatic rings. The van der Waals surface area contributed by atoms with Gasteiger partial charge < -0.3 is 56.2 Å². The second-order valence-electron chi connectivity index (χ2n) is 33.0. The van der Waals surface area contributed by atoms with Gasteiger partial charge in [-0.1, -0.05) is 56.1 Å². The molecular formula is C84H96B4Br2N12O16. The fourth-order valence-electron chi connectivity index (χ4n) is 13.0. The molecule has 0 atom stereocenters. The zero-order chi connectivity index (χ0) is 85.9. The Labute approximate surface area is 703 Å². The van der Waals surface area contributed by atoms with Crippen LogP contribution in [-0.4, -0.2) is 184 Å². The molecule has 614 valence electrons. The summed E-state index contributed by atoms with van der Waals surface area (Å²) in [5.41, 5.74) is 6.26. The molecule has 4 saturated heterocycles. The number of carbonyl (C=O) groups excluding carboxylic acids is 4. The number of benzene rings is 4. The molecule has 8 aromatic heterocycles. The number of aromatic nitrogens is 12. The quantitative estimate of drug-likeness (QED) is 0.0660. The summed E-state index contributed by atoms with van der Waals surface area (Å²) in [6.45, 7) is 39.8. The third-order valence-electron chi connectivity index (χ3n) is 22.4. The number of ether oxygens (including phenoxy) is 4. The van der Waals surface area contributed by atoms with E-state index in [2.05, 4.69) is 72.2 Å². The van der Waals surface area contributed by atoms with Crippen LogP contribution in [0.15, 0.2) is 155 Å². The van der Waals surface area contributed by atoms with Crippen molar-refractivity contribution in [3.63, 3.8) is 0 Å². The van der Waals surface area contributed by atoms with Gasteiger partial charge in [0.15, 0.2) is 23.3 Å². The van der Waals surface area contributed by atoms with E-state index in [1.54, 1.807) is 67.8 Å². The molecule has 0 N–H and O–H groups in total. The van der Waals surface area contributed by atoms with Gasteiger partial charge in [0.2, 0.25) is 0 Å². The zero-order valence-corrected chi connectivity index (χ0v) is 74.0. The highest BCUT2D eigenvalue weighted by Gasteiger charge is 2.64. The molecule has 0 unspecified atom stereocenters. The van der Waals surface area contributed by atoms with Crippen molar-refractivity contribution in [1.29, 1.82) is 0 Å². The number of pyridine rings is 4. The molecule has 34 heteroatoms. The van der Waals surface area contributed by atoms with Crippen LogP contribution in [0.2, 0.25) is 0 Å². The lowest BCUT2D eigenvalue weighted by Crippen LogP contribution is -2.41. The predicted octanol–water partition coefficient (Wildman–Crippen LogP) is 14.4. The first-order chi connectivity index (χ1) is 55.3. The number of hydrogen-bond donors (Lipinski definition) is 0. The number of rotatable bonds is 11. The number of methoxy groups -OCH3 is 4. The monoisotopic (exact) mass is 1730 g/mol. The zero-order valence-electron chi connectivity index (χ0n) is 70.8. The minimum absolute atomic E-state index is 0.360. The van der Waals surface area contributed by atoms with Gasteiger partial charge in [0, 0.05) is 65.7 Å². The van der Waals surface area contributed by atoms with Gasteiger partial charge in [0.25, 0.3) is 0 Å². The van der Waals surface area contributed by atoms with Gasteiger partial charge in [0.1, 0.15) is 0 Å². The largest absolute Gasteiger partial charge is 0.494 e. The molecule has 4 aromatic carbocycles. The number of fused-ring (bicyclic) bond motifs is 4. The highest BCUT2D eigenvalue weighted by molar-refractivity contribution is 9.10. The number of aryl methyl sites for hydroxylation is 4. The van der Waals surface area contributed by atoms with Crippen LogP contribution in [0.4, 0.5) is 0 Å². The Morgan fingerprint density at radius 1 is 0.347 bits per heavy atom. The smallest absolute Gasteiger partial charge is 0.465 e. The summed E-state index contributed by atoms with van der Waals surface area (Å²) in [5, 5.41) is 20.8. The Morgan fingerprint density at radius 3 is 0.975 bits per heavy atom. The maximum absolute atomic E-state index is 12.5. The fraction of sp³-hybridized carbons (Fsp3) is 0.381. The summed E-state index contributed by atoms with van der Waals surface area (Å²) < 4.78 is 76.5. The summed E-state index contributed by atoms with van der Waals surface area (Å²) in [7, 11) is 3.29. The van der Waals surface area contributed by atoms with Crippen molar-refractivity contribution < 1.29 is 75.4 Å². The average Bonchev–Trinajstić information content (AvgIpc) is 1.54. The molecule has 0 aliphatic carbocycles. The summed E-state index contributed by atoms with van der Waals surface area (Å²) in [6, 6.07) is 37.4. The third-order valence-corrected chi connectivity index (χ3v) is 23.4. The molecule has 4 fully saturated rings. The Morgan fingerprint density at radius 2 is 0.627 bits per heavy atom. The Hall–Kier alpha value is -9.86. The van der Waals surface area contributed by atoms with E-state index in [4.69, 9.17) is 56.2 Å². The Balaban J connectivity index is 0.000000137. The summed E-state index contributed by atoms with van der Waals surface area (Å²) in [6.07, 6.45) is 6.88. The highest BCUT2D eigenvalue weighted by atomic mass is 79.9.